The van der Waals surface area contributed by atoms with E-state index in [9.17, 15) is 0 Å². The van der Waals surface area contributed by atoms with Crippen molar-refractivity contribution in [1.29, 1.82) is 0 Å². The summed E-state index contributed by atoms with van der Waals surface area (Å²) in [5.41, 5.74) is 1.17. The van der Waals surface area contributed by atoms with E-state index in [1.165, 1.54) is 5.56 Å². The Morgan fingerprint density at radius 2 is 1.69 bits per heavy atom. The highest BCUT2D eigenvalue weighted by Gasteiger charge is 1.87. The van der Waals surface area contributed by atoms with Gasteiger partial charge in [0.15, 0.2) is 0 Å². The Hall–Kier alpha value is -0.660. The molecule has 0 fully saturated rings. The molecule has 0 bridgehead atoms. The second-order valence-electron chi connectivity index (χ2n) is 2.26. The lowest BCUT2D eigenvalue weighted by atomic mass is 10.1. The van der Waals surface area contributed by atoms with E-state index >= 15 is 0 Å². The zero-order valence-electron chi connectivity index (χ0n) is 7.21. The van der Waals surface area contributed by atoms with Gasteiger partial charge in [0, 0.05) is 0 Å². The third-order valence-corrected chi connectivity index (χ3v) is 1.32. The van der Waals surface area contributed by atoms with Crippen LogP contribution in [-0.4, -0.2) is 10.4 Å². The highest BCUT2D eigenvalue weighted by molar-refractivity contribution is 6.40. The molecule has 0 amide bonds. The van der Waals surface area contributed by atoms with E-state index in [0.717, 1.165) is 6.42 Å². The van der Waals surface area contributed by atoms with Crippen LogP contribution >= 0.6 is 23.2 Å². The zero-order valence-corrected chi connectivity index (χ0v) is 8.72. The monoisotopic (exact) mass is 218 g/mol. The van der Waals surface area contributed by atoms with Gasteiger partial charge in [-0.05, 0) is 24.1 Å². The van der Waals surface area contributed by atoms with Crippen molar-refractivity contribution >= 4 is 23.2 Å². The third-order valence-electron chi connectivity index (χ3n) is 1.32. The molecule has 0 atom stereocenters. The van der Waals surface area contributed by atoms with Crippen LogP contribution in [0.25, 0.3) is 0 Å². The number of phenols is 1. The van der Waals surface area contributed by atoms with Crippen molar-refractivity contribution in [2.75, 3.05) is 5.34 Å². The van der Waals surface area contributed by atoms with Crippen LogP contribution in [0.4, 0.5) is 0 Å². The molecule has 0 aromatic heterocycles. The molecule has 0 aliphatic heterocycles. The van der Waals surface area contributed by atoms with Crippen molar-refractivity contribution in [2.45, 2.75) is 6.42 Å². The SMILES string of the molecule is C=CCc1ccc(O)cc1.ClCCl. The van der Waals surface area contributed by atoms with Crippen molar-refractivity contribution in [3.05, 3.63) is 42.5 Å². The fourth-order valence-electron chi connectivity index (χ4n) is 0.799. The second kappa shape index (κ2) is 7.96. The number of hydrogen-bond acceptors (Lipinski definition) is 1. The number of phenolic OH excluding ortho intramolecular Hbond substituents is 1. The summed E-state index contributed by atoms with van der Waals surface area (Å²) < 4.78 is 0. The highest BCUT2D eigenvalue weighted by Crippen LogP contribution is 2.09. The molecule has 3 heteroatoms. The summed E-state index contributed by atoms with van der Waals surface area (Å²) in [6, 6.07) is 7.13. The van der Waals surface area contributed by atoms with E-state index in [1.54, 1.807) is 12.1 Å². The van der Waals surface area contributed by atoms with Crippen molar-refractivity contribution < 1.29 is 5.11 Å². The normalized spacial score (nSPS) is 8.46. The van der Waals surface area contributed by atoms with Gasteiger partial charge in [-0.1, -0.05) is 18.2 Å². The first-order valence-electron chi connectivity index (χ1n) is 3.75. The van der Waals surface area contributed by atoms with Crippen molar-refractivity contribution in [1.82, 2.24) is 0 Å². The smallest absolute Gasteiger partial charge is 0.115 e. The van der Waals surface area contributed by atoms with E-state index in [2.05, 4.69) is 6.58 Å². The first kappa shape index (κ1) is 12.3. The molecule has 0 unspecified atom stereocenters. The van der Waals surface area contributed by atoms with Gasteiger partial charge in [0.2, 0.25) is 0 Å². The largest absolute Gasteiger partial charge is 0.508 e. The molecule has 0 radical (unpaired) electrons. The van der Waals surface area contributed by atoms with Crippen LogP contribution in [0.1, 0.15) is 5.56 Å². The zero-order chi connectivity index (χ0) is 10.1. The van der Waals surface area contributed by atoms with Crippen LogP contribution in [0.15, 0.2) is 36.9 Å². The fraction of sp³-hybridized carbons (Fsp3) is 0.200. The second-order valence-corrected chi connectivity index (χ2v) is 3.07. The number of aromatic hydroxyl groups is 1. The minimum atomic E-state index is 0.194. The lowest BCUT2D eigenvalue weighted by molar-refractivity contribution is 0.475. The standard InChI is InChI=1S/C9H10O.CH2Cl2/c1-2-3-8-4-6-9(10)7-5-8;2-1-3/h2,4-7,10H,1,3H2;1H2. The van der Waals surface area contributed by atoms with Crippen LogP contribution in [0.5, 0.6) is 5.75 Å². The number of benzene rings is 1. The summed E-state index contributed by atoms with van der Waals surface area (Å²) >= 11 is 9.53. The van der Waals surface area contributed by atoms with Gasteiger partial charge in [-0.3, -0.25) is 0 Å². The summed E-state index contributed by atoms with van der Waals surface area (Å²) in [6.45, 7) is 3.62. The number of rotatable bonds is 2. The maximum atomic E-state index is 8.90. The molecule has 1 N–H and O–H groups in total. The van der Waals surface area contributed by atoms with Crippen LogP contribution in [0.2, 0.25) is 0 Å². The predicted octanol–water partition coefficient (Wildman–Crippen LogP) is 3.54. The molecule has 0 aliphatic rings. The van der Waals surface area contributed by atoms with Crippen molar-refractivity contribution in [3.8, 4) is 5.75 Å². The lowest BCUT2D eigenvalue weighted by Gasteiger charge is -1.94. The lowest BCUT2D eigenvalue weighted by Crippen LogP contribution is -1.77. The predicted molar refractivity (Wildman–Crippen MR) is 58.6 cm³/mol. The molecule has 0 saturated heterocycles. The molecule has 1 nitrogen and oxygen atoms in total. The average molecular weight is 219 g/mol. The van der Waals surface area contributed by atoms with E-state index in [0.29, 0.717) is 5.75 Å². The Labute approximate surface area is 88.6 Å². The average Bonchev–Trinajstić information content (AvgIpc) is 2.11. The number of hydrogen-bond donors (Lipinski definition) is 1. The molecule has 1 aromatic rings. The van der Waals surface area contributed by atoms with Gasteiger partial charge >= 0.3 is 0 Å². The molecule has 13 heavy (non-hydrogen) atoms. The van der Waals surface area contributed by atoms with E-state index < -0.39 is 0 Å². The van der Waals surface area contributed by atoms with Gasteiger partial charge in [0.1, 0.15) is 5.75 Å². The van der Waals surface area contributed by atoms with Crippen LogP contribution in [0, 0.1) is 0 Å². The van der Waals surface area contributed by atoms with Crippen molar-refractivity contribution in [3.63, 3.8) is 0 Å². The Balaban J connectivity index is 0.000000424. The molecule has 1 rings (SSSR count). The molecule has 1 aromatic carbocycles. The molecule has 72 valence electrons. The minimum absolute atomic E-state index is 0.194. The maximum Gasteiger partial charge on any atom is 0.115 e. The van der Waals surface area contributed by atoms with Crippen molar-refractivity contribution in [2.24, 2.45) is 0 Å². The van der Waals surface area contributed by atoms with Gasteiger partial charge in [0.25, 0.3) is 0 Å². The Bertz CT molecular complexity index is 231. The number of allylic oxidation sites excluding steroid dienone is 1. The van der Waals surface area contributed by atoms with E-state index in [1.807, 2.05) is 18.2 Å². The van der Waals surface area contributed by atoms with Gasteiger partial charge in [-0.25, -0.2) is 0 Å². The topological polar surface area (TPSA) is 20.2 Å². The Morgan fingerprint density at radius 1 is 1.23 bits per heavy atom. The summed E-state index contributed by atoms with van der Waals surface area (Å²) in [7, 11) is 0. The van der Waals surface area contributed by atoms with E-state index in [4.69, 9.17) is 28.3 Å². The fourth-order valence-corrected chi connectivity index (χ4v) is 0.799. The van der Waals surface area contributed by atoms with Crippen LogP contribution in [0.3, 0.4) is 0 Å². The quantitative estimate of drug-likeness (QED) is 0.595. The summed E-state index contributed by atoms with van der Waals surface area (Å²) in [5.74, 6) is 0.313. The molecule has 0 saturated carbocycles. The maximum absolute atomic E-state index is 8.90. The highest BCUT2D eigenvalue weighted by atomic mass is 35.5. The number of halogens is 2. The van der Waals surface area contributed by atoms with Gasteiger partial charge in [-0.2, -0.15) is 0 Å². The molecule has 0 spiro atoms. The molecule has 0 heterocycles. The van der Waals surface area contributed by atoms with Gasteiger partial charge in [0.05, 0.1) is 5.34 Å². The van der Waals surface area contributed by atoms with Crippen LogP contribution in [-0.2, 0) is 6.42 Å². The third kappa shape index (κ3) is 6.50. The Kier molecular flexibility index (Phi) is 7.56. The molecular formula is C10H12Cl2O. The summed E-state index contributed by atoms with van der Waals surface area (Å²) in [4.78, 5) is 0. The van der Waals surface area contributed by atoms with Gasteiger partial charge in [-0.15, -0.1) is 29.8 Å². The first-order chi connectivity index (χ1) is 6.24. The van der Waals surface area contributed by atoms with E-state index in [-0.39, 0.29) is 5.34 Å². The minimum Gasteiger partial charge on any atom is -0.508 e. The summed E-state index contributed by atoms with van der Waals surface area (Å²) in [6.07, 6.45) is 2.70. The van der Waals surface area contributed by atoms with Crippen LogP contribution < -0.4 is 0 Å². The van der Waals surface area contributed by atoms with Gasteiger partial charge < -0.3 is 5.11 Å². The summed E-state index contributed by atoms with van der Waals surface area (Å²) in [5, 5.41) is 9.09. The first-order valence-corrected chi connectivity index (χ1v) is 4.82. The molecular weight excluding hydrogens is 207 g/mol. The Morgan fingerprint density at radius 3 is 2.08 bits per heavy atom. The number of alkyl halides is 2. The molecule has 0 aliphatic carbocycles.